The fourth-order valence-electron chi connectivity index (χ4n) is 2.64. The molecule has 2 atom stereocenters. The second-order valence-electron chi connectivity index (χ2n) is 4.92. The van der Waals surface area contributed by atoms with Crippen molar-refractivity contribution in [3.05, 3.63) is 42.0 Å². The van der Waals surface area contributed by atoms with Crippen LogP contribution >= 0.6 is 0 Å². The predicted molar refractivity (Wildman–Crippen MR) is 71.2 cm³/mol. The number of hydrogen-bond acceptors (Lipinski definition) is 2. The first-order valence-corrected chi connectivity index (χ1v) is 6.39. The summed E-state index contributed by atoms with van der Waals surface area (Å²) >= 11 is 0. The average Bonchev–Trinajstić information content (AvgIpc) is 2.29. The van der Waals surface area contributed by atoms with E-state index in [0.717, 1.165) is 12.8 Å². The van der Waals surface area contributed by atoms with Crippen LogP contribution in [-0.2, 0) is 6.42 Å². The van der Waals surface area contributed by atoms with Gasteiger partial charge in [0.15, 0.2) is 0 Å². The molecular weight excluding hydrogens is 210 g/mol. The third-order valence-corrected chi connectivity index (χ3v) is 3.45. The van der Waals surface area contributed by atoms with Crippen molar-refractivity contribution < 1.29 is 5.11 Å². The molecule has 1 aromatic rings. The molecule has 0 saturated carbocycles. The summed E-state index contributed by atoms with van der Waals surface area (Å²) in [7, 11) is 0. The van der Waals surface area contributed by atoms with Gasteiger partial charge in [0, 0.05) is 12.1 Å². The largest absolute Gasteiger partial charge is 0.508 e. The van der Waals surface area contributed by atoms with Crippen molar-refractivity contribution in [3.63, 3.8) is 0 Å². The van der Waals surface area contributed by atoms with Crippen molar-refractivity contribution in [2.75, 3.05) is 0 Å². The van der Waals surface area contributed by atoms with E-state index in [1.807, 2.05) is 12.1 Å². The molecule has 0 heterocycles. The third-order valence-electron chi connectivity index (χ3n) is 3.45. The number of rotatable bonds is 4. The molecule has 2 N–H and O–H groups in total. The third kappa shape index (κ3) is 2.89. The van der Waals surface area contributed by atoms with Gasteiger partial charge in [-0.25, -0.2) is 0 Å². The lowest BCUT2D eigenvalue weighted by Crippen LogP contribution is -2.32. The zero-order valence-electron chi connectivity index (χ0n) is 10.4. The Bertz CT molecular complexity index is 400. The van der Waals surface area contributed by atoms with Crippen molar-refractivity contribution in [1.82, 2.24) is 5.32 Å². The fraction of sp³-hybridized carbons (Fsp3) is 0.467. The maximum atomic E-state index is 9.51. The Labute approximate surface area is 103 Å². The second kappa shape index (κ2) is 5.37. The summed E-state index contributed by atoms with van der Waals surface area (Å²) in [6.07, 6.45) is 6.40. The molecule has 1 aromatic carbocycles. The predicted octanol–water partition coefficient (Wildman–Crippen LogP) is 3.32. The number of benzene rings is 1. The van der Waals surface area contributed by atoms with E-state index < -0.39 is 0 Å². The smallest absolute Gasteiger partial charge is 0.115 e. The van der Waals surface area contributed by atoms with E-state index in [1.165, 1.54) is 24.0 Å². The van der Waals surface area contributed by atoms with Crippen molar-refractivity contribution in [1.29, 1.82) is 0 Å². The molecule has 0 amide bonds. The molecule has 2 nitrogen and oxygen atoms in total. The van der Waals surface area contributed by atoms with Crippen LogP contribution in [0.1, 0.15) is 43.4 Å². The maximum Gasteiger partial charge on any atom is 0.115 e. The molecule has 0 bridgehead atoms. The maximum absolute atomic E-state index is 9.51. The number of nitrogens with one attached hydrogen (secondary N) is 1. The van der Waals surface area contributed by atoms with Crippen LogP contribution in [0.4, 0.5) is 0 Å². The van der Waals surface area contributed by atoms with Gasteiger partial charge in [0.25, 0.3) is 0 Å². The Morgan fingerprint density at radius 3 is 3.18 bits per heavy atom. The molecule has 0 saturated heterocycles. The van der Waals surface area contributed by atoms with E-state index in [2.05, 4.69) is 24.9 Å². The highest BCUT2D eigenvalue weighted by molar-refractivity contribution is 5.38. The molecule has 1 aliphatic carbocycles. The molecule has 2 heteroatoms. The van der Waals surface area contributed by atoms with Gasteiger partial charge in [0.2, 0.25) is 0 Å². The Morgan fingerprint density at radius 2 is 2.41 bits per heavy atom. The van der Waals surface area contributed by atoms with Crippen LogP contribution in [0.3, 0.4) is 0 Å². The summed E-state index contributed by atoms with van der Waals surface area (Å²) in [4.78, 5) is 0. The highest BCUT2D eigenvalue weighted by Gasteiger charge is 2.21. The molecular formula is C15H21NO. The summed E-state index contributed by atoms with van der Waals surface area (Å²) < 4.78 is 0. The lowest BCUT2D eigenvalue weighted by molar-refractivity contribution is 0.407. The number of fused-ring (bicyclic) bond motifs is 1. The van der Waals surface area contributed by atoms with Crippen molar-refractivity contribution >= 4 is 0 Å². The summed E-state index contributed by atoms with van der Waals surface area (Å²) in [5.74, 6) is 0.378. The van der Waals surface area contributed by atoms with Crippen molar-refractivity contribution in [2.45, 2.75) is 44.7 Å². The summed E-state index contributed by atoms with van der Waals surface area (Å²) in [5.41, 5.74) is 2.64. The highest BCUT2D eigenvalue weighted by atomic mass is 16.3. The van der Waals surface area contributed by atoms with Crippen LogP contribution in [0, 0.1) is 0 Å². The molecule has 0 spiro atoms. The zero-order chi connectivity index (χ0) is 12.3. The molecule has 0 aliphatic heterocycles. The van der Waals surface area contributed by atoms with E-state index in [4.69, 9.17) is 0 Å². The molecule has 0 aromatic heterocycles. The highest BCUT2D eigenvalue weighted by Crippen LogP contribution is 2.32. The first-order valence-electron chi connectivity index (χ1n) is 6.39. The molecule has 2 rings (SSSR count). The average molecular weight is 231 g/mol. The summed E-state index contributed by atoms with van der Waals surface area (Å²) in [6, 6.07) is 6.63. The van der Waals surface area contributed by atoms with E-state index in [1.54, 1.807) is 6.07 Å². The van der Waals surface area contributed by atoms with Crippen LogP contribution in [0.2, 0.25) is 0 Å². The van der Waals surface area contributed by atoms with E-state index in [0.29, 0.717) is 17.8 Å². The van der Waals surface area contributed by atoms with Gasteiger partial charge >= 0.3 is 0 Å². The summed E-state index contributed by atoms with van der Waals surface area (Å²) in [6.45, 7) is 5.97. The Hall–Kier alpha value is -1.28. The topological polar surface area (TPSA) is 32.3 Å². The standard InChI is InChI=1S/C15H21NO/c1-3-5-11(2)16-15-7-4-6-12-10-13(17)8-9-14(12)15/h3,8-11,15-17H,1,4-7H2,2H3. The van der Waals surface area contributed by atoms with Gasteiger partial charge in [-0.15, -0.1) is 6.58 Å². The fourth-order valence-corrected chi connectivity index (χ4v) is 2.64. The van der Waals surface area contributed by atoms with Crippen LogP contribution in [0.15, 0.2) is 30.9 Å². The molecule has 1 aliphatic rings. The molecule has 0 fully saturated rings. The van der Waals surface area contributed by atoms with E-state index >= 15 is 0 Å². The minimum Gasteiger partial charge on any atom is -0.508 e. The van der Waals surface area contributed by atoms with Crippen LogP contribution < -0.4 is 5.32 Å². The van der Waals surface area contributed by atoms with Crippen LogP contribution in [0.5, 0.6) is 5.75 Å². The Kier molecular flexibility index (Phi) is 3.85. The number of phenols is 1. The molecule has 92 valence electrons. The quantitative estimate of drug-likeness (QED) is 0.779. The lowest BCUT2D eigenvalue weighted by Gasteiger charge is -2.29. The van der Waals surface area contributed by atoms with Gasteiger partial charge in [-0.05, 0) is 55.9 Å². The lowest BCUT2D eigenvalue weighted by atomic mass is 9.87. The van der Waals surface area contributed by atoms with Gasteiger partial charge in [0.05, 0.1) is 0 Å². The van der Waals surface area contributed by atoms with E-state index in [9.17, 15) is 5.11 Å². The summed E-state index contributed by atoms with van der Waals surface area (Å²) in [5, 5.41) is 13.1. The first kappa shape index (κ1) is 12.2. The minimum absolute atomic E-state index is 0.378. The number of hydrogen-bond donors (Lipinski definition) is 2. The Balaban J connectivity index is 2.14. The van der Waals surface area contributed by atoms with E-state index in [-0.39, 0.29) is 0 Å². The monoisotopic (exact) mass is 231 g/mol. The SMILES string of the molecule is C=CCC(C)NC1CCCc2cc(O)ccc21. The van der Waals surface area contributed by atoms with Gasteiger partial charge in [0.1, 0.15) is 5.75 Å². The minimum atomic E-state index is 0.378. The molecule has 17 heavy (non-hydrogen) atoms. The van der Waals surface area contributed by atoms with Crippen LogP contribution in [0.25, 0.3) is 0 Å². The zero-order valence-corrected chi connectivity index (χ0v) is 10.4. The van der Waals surface area contributed by atoms with Gasteiger partial charge < -0.3 is 10.4 Å². The van der Waals surface area contributed by atoms with Crippen molar-refractivity contribution in [3.8, 4) is 5.75 Å². The number of aromatic hydroxyl groups is 1. The Morgan fingerprint density at radius 1 is 1.59 bits per heavy atom. The number of phenolic OH excluding ortho intramolecular Hbond substituents is 1. The van der Waals surface area contributed by atoms with Crippen molar-refractivity contribution in [2.24, 2.45) is 0 Å². The van der Waals surface area contributed by atoms with Crippen LogP contribution in [-0.4, -0.2) is 11.1 Å². The first-order chi connectivity index (χ1) is 8.20. The van der Waals surface area contributed by atoms with Gasteiger partial charge in [-0.1, -0.05) is 12.1 Å². The van der Waals surface area contributed by atoms with Gasteiger partial charge in [-0.3, -0.25) is 0 Å². The molecule has 0 radical (unpaired) electrons. The second-order valence-corrected chi connectivity index (χ2v) is 4.92. The normalized spacial score (nSPS) is 20.6. The number of aryl methyl sites for hydroxylation is 1. The molecule has 2 unspecified atom stereocenters. The van der Waals surface area contributed by atoms with Gasteiger partial charge in [-0.2, -0.15) is 0 Å².